The van der Waals surface area contributed by atoms with E-state index in [9.17, 15) is 27.9 Å². The van der Waals surface area contributed by atoms with Crippen LogP contribution >= 0.6 is 0 Å². The SMILES string of the molecule is CC(=O)NCCCS(=O)(=O)OCC(C)(C)[C@@H](O)C(=O)OC(OC(=O)OCC(C)C)c1ccccc1. The second-order valence-corrected chi connectivity index (χ2v) is 10.8. The summed E-state index contributed by atoms with van der Waals surface area (Å²) in [5.74, 6) is -1.72. The van der Waals surface area contributed by atoms with E-state index in [1.807, 2.05) is 13.8 Å². The van der Waals surface area contributed by atoms with Crippen LogP contribution in [0.1, 0.15) is 52.9 Å². The molecule has 1 aromatic carbocycles. The maximum Gasteiger partial charge on any atom is 0.511 e. The zero-order valence-corrected chi connectivity index (χ0v) is 21.5. The maximum absolute atomic E-state index is 12.7. The van der Waals surface area contributed by atoms with Crippen molar-refractivity contribution in [3.63, 3.8) is 0 Å². The summed E-state index contributed by atoms with van der Waals surface area (Å²) in [5, 5.41) is 13.0. The Morgan fingerprint density at radius 3 is 2.29 bits per heavy atom. The highest BCUT2D eigenvalue weighted by atomic mass is 32.2. The molecular formula is C23H35NO10S. The molecule has 0 bridgehead atoms. The molecular weight excluding hydrogens is 482 g/mol. The molecule has 0 radical (unpaired) electrons. The number of amides is 1. The van der Waals surface area contributed by atoms with Crippen molar-refractivity contribution < 1.29 is 46.3 Å². The molecule has 0 heterocycles. The third kappa shape index (κ3) is 12.0. The van der Waals surface area contributed by atoms with Gasteiger partial charge in [-0.25, -0.2) is 9.59 Å². The summed E-state index contributed by atoms with van der Waals surface area (Å²) in [5.41, 5.74) is -1.05. The normalized spacial score (nSPS) is 13.6. The highest BCUT2D eigenvalue weighted by molar-refractivity contribution is 7.86. The van der Waals surface area contributed by atoms with Gasteiger partial charge in [-0.2, -0.15) is 8.42 Å². The molecule has 0 saturated carbocycles. The monoisotopic (exact) mass is 517 g/mol. The van der Waals surface area contributed by atoms with Gasteiger partial charge in [0.1, 0.15) is 0 Å². The van der Waals surface area contributed by atoms with Gasteiger partial charge in [0.2, 0.25) is 5.91 Å². The van der Waals surface area contributed by atoms with E-state index in [1.54, 1.807) is 30.3 Å². The summed E-state index contributed by atoms with van der Waals surface area (Å²) in [4.78, 5) is 35.6. The average Bonchev–Trinajstić information content (AvgIpc) is 2.79. The summed E-state index contributed by atoms with van der Waals surface area (Å²) in [6, 6.07) is 8.11. The Labute approximate surface area is 206 Å². The van der Waals surface area contributed by atoms with Crippen molar-refractivity contribution in [3.8, 4) is 0 Å². The summed E-state index contributed by atoms with van der Waals surface area (Å²) in [6.45, 7) is 7.58. The highest BCUT2D eigenvalue weighted by Crippen LogP contribution is 2.27. The minimum atomic E-state index is -3.97. The lowest BCUT2D eigenvalue weighted by Gasteiger charge is -2.29. The minimum Gasteiger partial charge on any atom is -0.434 e. The molecule has 198 valence electrons. The van der Waals surface area contributed by atoms with E-state index in [0.717, 1.165) is 0 Å². The number of hydrogen-bond donors (Lipinski definition) is 2. The average molecular weight is 518 g/mol. The Bertz CT molecular complexity index is 931. The quantitative estimate of drug-likeness (QED) is 0.162. The number of esters is 1. The lowest BCUT2D eigenvalue weighted by Crippen LogP contribution is -2.42. The van der Waals surface area contributed by atoms with Gasteiger partial charge in [0.05, 0.1) is 19.0 Å². The Hall–Kier alpha value is -2.70. The molecule has 1 rings (SSSR count). The van der Waals surface area contributed by atoms with E-state index in [-0.39, 0.29) is 37.2 Å². The molecule has 0 aliphatic carbocycles. The van der Waals surface area contributed by atoms with Crippen molar-refractivity contribution in [1.29, 1.82) is 0 Å². The van der Waals surface area contributed by atoms with Gasteiger partial charge in [-0.1, -0.05) is 58.0 Å². The van der Waals surface area contributed by atoms with Crippen LogP contribution in [-0.2, 0) is 38.1 Å². The Balaban J connectivity index is 2.78. The van der Waals surface area contributed by atoms with Crippen molar-refractivity contribution in [2.45, 2.75) is 53.4 Å². The number of aliphatic hydroxyl groups is 1. The first-order valence-electron chi connectivity index (χ1n) is 11.1. The minimum absolute atomic E-state index is 0.0598. The molecule has 0 saturated heterocycles. The molecule has 0 spiro atoms. The summed E-state index contributed by atoms with van der Waals surface area (Å²) < 4.78 is 44.5. The number of aliphatic hydroxyl groups excluding tert-OH is 1. The van der Waals surface area contributed by atoms with Crippen LogP contribution in [0.3, 0.4) is 0 Å². The largest absolute Gasteiger partial charge is 0.511 e. The van der Waals surface area contributed by atoms with Gasteiger partial charge in [-0.15, -0.1) is 0 Å². The van der Waals surface area contributed by atoms with Crippen molar-refractivity contribution in [3.05, 3.63) is 35.9 Å². The summed E-state index contributed by atoms with van der Waals surface area (Å²) in [7, 11) is -3.97. The van der Waals surface area contributed by atoms with E-state index in [0.29, 0.717) is 5.56 Å². The maximum atomic E-state index is 12.7. The molecule has 35 heavy (non-hydrogen) atoms. The second kappa shape index (κ2) is 14.0. The zero-order valence-electron chi connectivity index (χ0n) is 20.7. The topological polar surface area (TPSA) is 155 Å². The molecule has 1 unspecified atom stereocenters. The number of ether oxygens (including phenoxy) is 3. The number of rotatable bonds is 14. The number of carbonyl (C=O) groups excluding carboxylic acids is 3. The van der Waals surface area contributed by atoms with Gasteiger partial charge in [0, 0.05) is 24.4 Å². The van der Waals surface area contributed by atoms with Crippen molar-refractivity contribution in [1.82, 2.24) is 5.32 Å². The van der Waals surface area contributed by atoms with E-state index in [1.165, 1.54) is 20.8 Å². The van der Waals surface area contributed by atoms with Gasteiger partial charge >= 0.3 is 12.1 Å². The van der Waals surface area contributed by atoms with Crippen LogP contribution < -0.4 is 5.32 Å². The van der Waals surface area contributed by atoms with Gasteiger partial charge < -0.3 is 24.6 Å². The van der Waals surface area contributed by atoms with Gasteiger partial charge in [0.15, 0.2) is 6.10 Å². The van der Waals surface area contributed by atoms with Crippen molar-refractivity contribution in [2.24, 2.45) is 11.3 Å². The zero-order chi connectivity index (χ0) is 26.6. The molecule has 2 atom stereocenters. The highest BCUT2D eigenvalue weighted by Gasteiger charge is 2.38. The molecule has 1 amide bonds. The Kier molecular flexibility index (Phi) is 12.1. The smallest absolute Gasteiger partial charge is 0.434 e. The molecule has 1 aromatic rings. The molecule has 2 N–H and O–H groups in total. The molecule has 0 aromatic heterocycles. The fraction of sp³-hybridized carbons (Fsp3) is 0.609. The predicted molar refractivity (Wildman–Crippen MR) is 125 cm³/mol. The van der Waals surface area contributed by atoms with Crippen LogP contribution in [0.5, 0.6) is 0 Å². The second-order valence-electron chi connectivity index (χ2n) is 9.00. The van der Waals surface area contributed by atoms with Crippen molar-refractivity contribution >= 4 is 28.1 Å². The van der Waals surface area contributed by atoms with Crippen LogP contribution in [-0.4, -0.2) is 63.2 Å². The van der Waals surface area contributed by atoms with Gasteiger partial charge in [-0.3, -0.25) is 8.98 Å². The fourth-order valence-electron chi connectivity index (χ4n) is 2.51. The van der Waals surface area contributed by atoms with Gasteiger partial charge in [-0.05, 0) is 12.3 Å². The first kappa shape index (κ1) is 30.3. The first-order valence-corrected chi connectivity index (χ1v) is 12.7. The Morgan fingerprint density at radius 1 is 1.09 bits per heavy atom. The number of carbonyl (C=O) groups is 3. The molecule has 11 nitrogen and oxygen atoms in total. The van der Waals surface area contributed by atoms with Crippen LogP contribution in [0.2, 0.25) is 0 Å². The predicted octanol–water partition coefficient (Wildman–Crippen LogP) is 2.30. The van der Waals surface area contributed by atoms with Gasteiger partial charge in [0.25, 0.3) is 16.4 Å². The van der Waals surface area contributed by atoms with Crippen LogP contribution in [0.15, 0.2) is 30.3 Å². The Morgan fingerprint density at radius 2 is 1.71 bits per heavy atom. The third-order valence-corrected chi connectivity index (χ3v) is 5.82. The molecule has 12 heteroatoms. The van der Waals surface area contributed by atoms with E-state index < -0.39 is 46.7 Å². The summed E-state index contributed by atoms with van der Waals surface area (Å²) >= 11 is 0. The molecule has 0 aliphatic heterocycles. The lowest BCUT2D eigenvalue weighted by molar-refractivity contribution is -0.189. The number of hydrogen-bond acceptors (Lipinski definition) is 10. The molecule has 0 aliphatic rings. The summed E-state index contributed by atoms with van der Waals surface area (Å²) in [6.07, 6.45) is -4.22. The lowest BCUT2D eigenvalue weighted by atomic mass is 9.87. The third-order valence-electron chi connectivity index (χ3n) is 4.55. The van der Waals surface area contributed by atoms with E-state index in [2.05, 4.69) is 5.32 Å². The first-order chi connectivity index (χ1) is 16.2. The number of benzene rings is 1. The van der Waals surface area contributed by atoms with Crippen LogP contribution in [0.4, 0.5) is 4.79 Å². The number of nitrogens with one attached hydrogen (secondary N) is 1. The van der Waals surface area contributed by atoms with Crippen LogP contribution in [0.25, 0.3) is 0 Å². The molecule has 0 fully saturated rings. The van der Waals surface area contributed by atoms with E-state index >= 15 is 0 Å². The fourth-order valence-corrected chi connectivity index (χ4v) is 3.61. The van der Waals surface area contributed by atoms with Crippen molar-refractivity contribution in [2.75, 3.05) is 25.5 Å². The standard InChI is InChI=1S/C23H35NO10S/c1-16(2)14-31-22(28)34-21(18-10-7-6-8-11-18)33-20(27)19(26)23(4,5)15-32-35(29,30)13-9-12-24-17(3)25/h6-8,10-11,16,19,21,26H,9,12-15H2,1-5H3,(H,24,25)/t19-,21?/m0/s1. The van der Waals surface area contributed by atoms with E-state index in [4.69, 9.17) is 18.4 Å². The van der Waals surface area contributed by atoms with Crippen LogP contribution in [0, 0.1) is 11.3 Å².